The van der Waals surface area contributed by atoms with E-state index in [9.17, 15) is 0 Å². The molecule has 2 rings (SSSR count). The highest BCUT2D eigenvalue weighted by molar-refractivity contribution is 14.0. The first-order chi connectivity index (χ1) is 13.2. The molecule has 1 unspecified atom stereocenters. The smallest absolute Gasteiger partial charge is 0.191 e. The molecule has 28 heavy (non-hydrogen) atoms. The van der Waals surface area contributed by atoms with Crippen molar-refractivity contribution in [1.82, 2.24) is 10.6 Å². The molecule has 1 saturated heterocycles. The number of rotatable bonds is 10. The minimum atomic E-state index is 0. The molecule has 160 valence electrons. The van der Waals surface area contributed by atoms with Gasteiger partial charge in [-0.2, -0.15) is 0 Å². The molecule has 1 atom stereocenters. The van der Waals surface area contributed by atoms with Gasteiger partial charge < -0.3 is 29.6 Å². The third-order valence-corrected chi connectivity index (χ3v) is 5.10. The van der Waals surface area contributed by atoms with E-state index in [0.29, 0.717) is 24.0 Å². The average molecular weight is 572 g/mol. The summed E-state index contributed by atoms with van der Waals surface area (Å²) in [7, 11) is 5.01. The number of hydrogen-bond acceptors (Lipinski definition) is 5. The Morgan fingerprint density at radius 3 is 2.64 bits per heavy atom. The van der Waals surface area contributed by atoms with Crippen LogP contribution in [0.4, 0.5) is 0 Å². The molecule has 0 aliphatic carbocycles. The lowest BCUT2D eigenvalue weighted by atomic mass is 10.1. The predicted molar refractivity (Wildman–Crippen MR) is 125 cm³/mol. The van der Waals surface area contributed by atoms with Crippen molar-refractivity contribution in [3.05, 3.63) is 22.2 Å². The Kier molecular flexibility index (Phi) is 12.8. The van der Waals surface area contributed by atoms with E-state index in [4.69, 9.17) is 18.9 Å². The fourth-order valence-corrected chi connectivity index (χ4v) is 3.24. The summed E-state index contributed by atoms with van der Waals surface area (Å²) in [5.41, 5.74) is 1.05. The van der Waals surface area contributed by atoms with Crippen molar-refractivity contribution in [2.45, 2.75) is 19.4 Å². The zero-order valence-electron chi connectivity index (χ0n) is 16.8. The summed E-state index contributed by atoms with van der Waals surface area (Å²) >= 11 is 3.57. The van der Waals surface area contributed by atoms with Crippen LogP contribution in [0.5, 0.6) is 11.5 Å². The van der Waals surface area contributed by atoms with Crippen LogP contribution in [0.15, 0.2) is 21.6 Å². The molecule has 9 heteroatoms. The second-order valence-electron chi connectivity index (χ2n) is 6.31. The van der Waals surface area contributed by atoms with E-state index < -0.39 is 0 Å². The molecule has 2 N–H and O–H groups in total. The number of guanidine groups is 1. The Morgan fingerprint density at radius 2 is 2.00 bits per heavy atom. The van der Waals surface area contributed by atoms with Crippen molar-refractivity contribution in [1.29, 1.82) is 0 Å². The van der Waals surface area contributed by atoms with Gasteiger partial charge in [0.1, 0.15) is 0 Å². The van der Waals surface area contributed by atoms with Crippen LogP contribution >= 0.6 is 39.9 Å². The summed E-state index contributed by atoms with van der Waals surface area (Å²) in [5.74, 6) is 2.71. The van der Waals surface area contributed by atoms with E-state index in [1.165, 1.54) is 0 Å². The van der Waals surface area contributed by atoms with Gasteiger partial charge in [-0.15, -0.1) is 24.0 Å². The first kappa shape index (κ1) is 25.3. The van der Waals surface area contributed by atoms with Gasteiger partial charge in [-0.25, -0.2) is 0 Å². The van der Waals surface area contributed by atoms with E-state index in [2.05, 4.69) is 31.6 Å². The third-order valence-electron chi connectivity index (χ3n) is 4.36. The van der Waals surface area contributed by atoms with Crippen molar-refractivity contribution in [3.63, 3.8) is 0 Å². The van der Waals surface area contributed by atoms with Crippen LogP contribution in [0, 0.1) is 5.92 Å². The maximum absolute atomic E-state index is 5.71. The molecule has 0 saturated carbocycles. The van der Waals surface area contributed by atoms with Gasteiger partial charge in [-0.1, -0.05) is 15.9 Å². The van der Waals surface area contributed by atoms with Gasteiger partial charge in [0.2, 0.25) is 0 Å². The van der Waals surface area contributed by atoms with Gasteiger partial charge in [0.05, 0.1) is 27.4 Å². The van der Waals surface area contributed by atoms with Gasteiger partial charge in [0.25, 0.3) is 0 Å². The SMILES string of the molecule is CN=C(NCCCOCC1CCOC1)NCc1cc(OC)c(OC)cc1Br.I. The zero-order chi connectivity index (χ0) is 19.5. The number of halogens is 2. The Bertz CT molecular complexity index is 613. The summed E-state index contributed by atoms with van der Waals surface area (Å²) in [5, 5.41) is 6.61. The molecule has 1 fully saturated rings. The molecule has 0 spiro atoms. The molecule has 0 amide bonds. The number of hydrogen-bond donors (Lipinski definition) is 2. The maximum atomic E-state index is 5.71. The van der Waals surface area contributed by atoms with E-state index in [1.807, 2.05) is 12.1 Å². The maximum Gasteiger partial charge on any atom is 0.191 e. The van der Waals surface area contributed by atoms with Gasteiger partial charge in [-0.05, 0) is 30.5 Å². The largest absolute Gasteiger partial charge is 0.493 e. The molecule has 7 nitrogen and oxygen atoms in total. The Balaban J connectivity index is 0.00000392. The quantitative estimate of drug-likeness (QED) is 0.194. The number of aliphatic imine (C=N–C) groups is 1. The highest BCUT2D eigenvalue weighted by Gasteiger charge is 2.15. The van der Waals surface area contributed by atoms with E-state index >= 15 is 0 Å². The molecule has 0 bridgehead atoms. The molecule has 1 heterocycles. The van der Waals surface area contributed by atoms with Crippen molar-refractivity contribution < 1.29 is 18.9 Å². The summed E-state index contributed by atoms with van der Waals surface area (Å²) in [6.45, 7) is 4.64. The Labute approximate surface area is 193 Å². The normalized spacial score (nSPS) is 16.4. The molecule has 0 aromatic heterocycles. The second kappa shape index (κ2) is 14.2. The van der Waals surface area contributed by atoms with Gasteiger partial charge in [-0.3, -0.25) is 4.99 Å². The fourth-order valence-electron chi connectivity index (χ4n) is 2.78. The summed E-state index contributed by atoms with van der Waals surface area (Å²) in [6, 6.07) is 3.85. The first-order valence-corrected chi connectivity index (χ1v) is 9.97. The van der Waals surface area contributed by atoms with Gasteiger partial charge in [0.15, 0.2) is 17.5 Å². The van der Waals surface area contributed by atoms with E-state index in [-0.39, 0.29) is 24.0 Å². The standard InChI is InChI=1S/C19H30BrN3O4.HI/c1-21-19(22-6-4-7-26-12-14-5-8-27-13-14)23-11-15-9-17(24-2)18(25-3)10-16(15)20;/h9-10,14H,4-8,11-13H2,1-3H3,(H2,21,22,23);1H. The molecule has 1 aromatic rings. The van der Waals surface area contributed by atoms with Crippen LogP contribution in [-0.4, -0.2) is 60.2 Å². The minimum absolute atomic E-state index is 0. The number of ether oxygens (including phenoxy) is 4. The average Bonchev–Trinajstić information content (AvgIpc) is 3.20. The Morgan fingerprint density at radius 1 is 1.25 bits per heavy atom. The minimum Gasteiger partial charge on any atom is -0.493 e. The van der Waals surface area contributed by atoms with Crippen molar-refractivity contribution in [2.75, 3.05) is 54.2 Å². The predicted octanol–water partition coefficient (Wildman–Crippen LogP) is 3.19. The number of nitrogens with one attached hydrogen (secondary N) is 2. The van der Waals surface area contributed by atoms with Crippen molar-refractivity contribution in [3.8, 4) is 11.5 Å². The lowest BCUT2D eigenvalue weighted by Gasteiger charge is -2.15. The topological polar surface area (TPSA) is 73.3 Å². The van der Waals surface area contributed by atoms with E-state index in [1.54, 1.807) is 21.3 Å². The highest BCUT2D eigenvalue weighted by Crippen LogP contribution is 2.33. The third kappa shape index (κ3) is 8.30. The second-order valence-corrected chi connectivity index (χ2v) is 7.16. The van der Waals surface area contributed by atoms with Gasteiger partial charge in [0, 0.05) is 43.7 Å². The lowest BCUT2D eigenvalue weighted by molar-refractivity contribution is 0.0888. The summed E-state index contributed by atoms with van der Waals surface area (Å²) < 4.78 is 22.7. The van der Waals surface area contributed by atoms with Crippen molar-refractivity contribution in [2.24, 2.45) is 10.9 Å². The van der Waals surface area contributed by atoms with Crippen LogP contribution < -0.4 is 20.1 Å². The summed E-state index contributed by atoms with van der Waals surface area (Å²) in [4.78, 5) is 4.26. The fraction of sp³-hybridized carbons (Fsp3) is 0.632. The first-order valence-electron chi connectivity index (χ1n) is 9.18. The number of benzene rings is 1. The monoisotopic (exact) mass is 571 g/mol. The van der Waals surface area contributed by atoms with E-state index in [0.717, 1.165) is 61.8 Å². The molecule has 0 radical (unpaired) electrons. The van der Waals surface area contributed by atoms with Gasteiger partial charge >= 0.3 is 0 Å². The molecule has 1 aliphatic heterocycles. The lowest BCUT2D eigenvalue weighted by Crippen LogP contribution is -2.37. The van der Waals surface area contributed by atoms with Crippen LogP contribution in [0.3, 0.4) is 0 Å². The molecular formula is C19H31BrIN3O4. The highest BCUT2D eigenvalue weighted by atomic mass is 127. The molecule has 1 aromatic carbocycles. The van der Waals surface area contributed by atoms with Crippen LogP contribution in [0.2, 0.25) is 0 Å². The van der Waals surface area contributed by atoms with Crippen molar-refractivity contribution >= 4 is 45.9 Å². The number of methoxy groups -OCH3 is 2. The molecule has 1 aliphatic rings. The van der Waals surface area contributed by atoms with Crippen LogP contribution in [0.25, 0.3) is 0 Å². The van der Waals surface area contributed by atoms with Crippen LogP contribution in [0.1, 0.15) is 18.4 Å². The van der Waals surface area contributed by atoms with Crippen LogP contribution in [-0.2, 0) is 16.0 Å². The Hall–Kier alpha value is -0.780. The molecular weight excluding hydrogens is 541 g/mol. The number of nitrogens with zero attached hydrogens (tertiary/aromatic N) is 1. The zero-order valence-corrected chi connectivity index (χ0v) is 20.7. The summed E-state index contributed by atoms with van der Waals surface area (Å²) in [6.07, 6.45) is 2.04.